The summed E-state index contributed by atoms with van der Waals surface area (Å²) in [5, 5.41) is 0. The van der Waals surface area contributed by atoms with Crippen LogP contribution < -0.4 is 22.9 Å². The van der Waals surface area contributed by atoms with Gasteiger partial charge in [0.05, 0.1) is 17.4 Å². The Morgan fingerprint density at radius 2 is 1.47 bits per heavy atom. The Kier molecular flexibility index (Phi) is 2.89. The van der Waals surface area contributed by atoms with E-state index < -0.39 is 0 Å². The Morgan fingerprint density at radius 1 is 0.824 bits per heavy atom. The van der Waals surface area contributed by atoms with E-state index in [1.165, 1.54) is 0 Å². The molecule has 0 saturated carbocycles. The zero-order valence-electron chi connectivity index (χ0n) is 9.43. The lowest BCUT2D eigenvalue weighted by atomic mass is 9.97. The maximum atomic E-state index is 6.16. The second-order valence-electron chi connectivity index (χ2n) is 3.99. The van der Waals surface area contributed by atoms with Gasteiger partial charge in [-0.05, 0) is 29.3 Å². The van der Waals surface area contributed by atoms with Crippen LogP contribution in [0.3, 0.4) is 0 Å². The number of para-hydroxylation sites is 1. The molecule has 1 atom stereocenters. The van der Waals surface area contributed by atoms with E-state index in [9.17, 15) is 0 Å². The molecular formula is C13H16N4. The number of hydrogen-bond acceptors (Lipinski definition) is 4. The number of benzene rings is 2. The van der Waals surface area contributed by atoms with E-state index in [2.05, 4.69) is 0 Å². The number of nitrogens with two attached hydrogens (primary N) is 4. The summed E-state index contributed by atoms with van der Waals surface area (Å²) in [4.78, 5) is 0. The quantitative estimate of drug-likeness (QED) is 0.584. The summed E-state index contributed by atoms with van der Waals surface area (Å²) in [5.74, 6) is 0. The molecule has 0 aliphatic heterocycles. The molecule has 0 spiro atoms. The number of nitrogen functional groups attached to an aromatic ring is 3. The minimum absolute atomic E-state index is 0.293. The van der Waals surface area contributed by atoms with Gasteiger partial charge in [0.2, 0.25) is 0 Å². The van der Waals surface area contributed by atoms with Crippen molar-refractivity contribution >= 4 is 17.1 Å². The van der Waals surface area contributed by atoms with Gasteiger partial charge >= 0.3 is 0 Å². The van der Waals surface area contributed by atoms with Crippen LogP contribution in [0.2, 0.25) is 0 Å². The minimum Gasteiger partial charge on any atom is -0.399 e. The molecule has 0 saturated heterocycles. The van der Waals surface area contributed by atoms with Crippen molar-refractivity contribution in [3.05, 3.63) is 53.6 Å². The van der Waals surface area contributed by atoms with Crippen LogP contribution in [-0.2, 0) is 0 Å². The van der Waals surface area contributed by atoms with Gasteiger partial charge in [-0.2, -0.15) is 0 Å². The average molecular weight is 228 g/mol. The van der Waals surface area contributed by atoms with E-state index in [-0.39, 0.29) is 6.04 Å². The first kappa shape index (κ1) is 11.3. The maximum absolute atomic E-state index is 6.16. The molecule has 4 nitrogen and oxygen atoms in total. The molecule has 0 aliphatic rings. The molecule has 0 aliphatic carbocycles. The summed E-state index contributed by atoms with van der Waals surface area (Å²) in [7, 11) is 0. The van der Waals surface area contributed by atoms with E-state index in [4.69, 9.17) is 22.9 Å². The molecule has 2 aromatic rings. The van der Waals surface area contributed by atoms with Crippen LogP contribution in [0.5, 0.6) is 0 Å². The normalized spacial score (nSPS) is 12.3. The molecule has 0 fully saturated rings. The zero-order valence-corrected chi connectivity index (χ0v) is 9.43. The zero-order chi connectivity index (χ0) is 12.4. The van der Waals surface area contributed by atoms with Gasteiger partial charge in [-0.25, -0.2) is 0 Å². The molecule has 1 unspecified atom stereocenters. The molecule has 17 heavy (non-hydrogen) atoms. The molecular weight excluding hydrogens is 212 g/mol. The van der Waals surface area contributed by atoms with Crippen LogP contribution in [0, 0.1) is 0 Å². The second-order valence-corrected chi connectivity index (χ2v) is 3.99. The van der Waals surface area contributed by atoms with Crippen LogP contribution in [0.1, 0.15) is 17.2 Å². The Bertz CT molecular complexity index is 519. The van der Waals surface area contributed by atoms with Gasteiger partial charge in [-0.15, -0.1) is 0 Å². The molecule has 8 N–H and O–H groups in total. The molecule has 88 valence electrons. The summed E-state index contributed by atoms with van der Waals surface area (Å²) in [5.41, 5.74) is 27.1. The van der Waals surface area contributed by atoms with E-state index >= 15 is 0 Å². The van der Waals surface area contributed by atoms with Gasteiger partial charge in [0, 0.05) is 5.69 Å². The lowest BCUT2D eigenvalue weighted by molar-refractivity contribution is 0.875. The van der Waals surface area contributed by atoms with E-state index in [0.717, 1.165) is 11.1 Å². The molecule has 4 heteroatoms. The van der Waals surface area contributed by atoms with Crippen LogP contribution >= 0.6 is 0 Å². The predicted molar refractivity (Wildman–Crippen MR) is 72.2 cm³/mol. The molecule has 0 radical (unpaired) electrons. The fraction of sp³-hybridized carbons (Fsp3) is 0.0769. The van der Waals surface area contributed by atoms with E-state index in [1.807, 2.05) is 36.4 Å². The summed E-state index contributed by atoms with van der Waals surface area (Å²) >= 11 is 0. The van der Waals surface area contributed by atoms with E-state index in [1.54, 1.807) is 6.07 Å². The van der Waals surface area contributed by atoms with Crippen LogP contribution in [0.25, 0.3) is 0 Å². The number of rotatable bonds is 2. The highest BCUT2D eigenvalue weighted by atomic mass is 14.7. The minimum atomic E-state index is -0.293. The monoisotopic (exact) mass is 228 g/mol. The van der Waals surface area contributed by atoms with E-state index in [0.29, 0.717) is 17.1 Å². The van der Waals surface area contributed by atoms with Crippen molar-refractivity contribution < 1.29 is 0 Å². The van der Waals surface area contributed by atoms with Crippen molar-refractivity contribution in [2.45, 2.75) is 6.04 Å². The van der Waals surface area contributed by atoms with Gasteiger partial charge in [0.15, 0.2) is 0 Å². The standard InChI is InChI=1S/C13H16N4/c14-9-6-4-8(5-7-9)12(16)10-2-1-3-11(15)13(10)17/h1-7,12H,14-17H2. The van der Waals surface area contributed by atoms with Crippen molar-refractivity contribution in [2.75, 3.05) is 17.2 Å². The lowest BCUT2D eigenvalue weighted by Gasteiger charge is -2.16. The molecule has 2 aromatic carbocycles. The molecule has 0 aromatic heterocycles. The third-order valence-electron chi connectivity index (χ3n) is 2.80. The lowest BCUT2D eigenvalue weighted by Crippen LogP contribution is -2.14. The topological polar surface area (TPSA) is 104 Å². The van der Waals surface area contributed by atoms with Gasteiger partial charge in [0.25, 0.3) is 0 Å². The summed E-state index contributed by atoms with van der Waals surface area (Å²) in [6.45, 7) is 0. The molecule has 2 rings (SSSR count). The van der Waals surface area contributed by atoms with Gasteiger partial charge in [0.1, 0.15) is 0 Å². The number of hydrogen-bond donors (Lipinski definition) is 4. The Morgan fingerprint density at radius 3 is 2.12 bits per heavy atom. The SMILES string of the molecule is Nc1ccc(C(N)c2cccc(N)c2N)cc1. The second kappa shape index (κ2) is 4.35. The molecule has 0 amide bonds. The summed E-state index contributed by atoms with van der Waals surface area (Å²) < 4.78 is 0. The van der Waals surface area contributed by atoms with Crippen molar-refractivity contribution in [2.24, 2.45) is 5.73 Å². The molecule has 0 bridgehead atoms. The first-order valence-electron chi connectivity index (χ1n) is 5.34. The summed E-state index contributed by atoms with van der Waals surface area (Å²) in [6.07, 6.45) is 0. The van der Waals surface area contributed by atoms with Gasteiger partial charge < -0.3 is 22.9 Å². The largest absolute Gasteiger partial charge is 0.399 e. The summed E-state index contributed by atoms with van der Waals surface area (Å²) in [6, 6.07) is 12.6. The highest BCUT2D eigenvalue weighted by Crippen LogP contribution is 2.28. The highest BCUT2D eigenvalue weighted by molar-refractivity contribution is 5.68. The Hall–Kier alpha value is -2.20. The Labute approximate surface area is 100 Å². The number of anilines is 3. The highest BCUT2D eigenvalue weighted by Gasteiger charge is 2.12. The fourth-order valence-electron chi connectivity index (χ4n) is 1.76. The fourth-order valence-corrected chi connectivity index (χ4v) is 1.76. The van der Waals surface area contributed by atoms with Crippen molar-refractivity contribution in [3.63, 3.8) is 0 Å². The third-order valence-corrected chi connectivity index (χ3v) is 2.80. The average Bonchev–Trinajstić information content (AvgIpc) is 2.33. The van der Waals surface area contributed by atoms with Crippen molar-refractivity contribution in [1.82, 2.24) is 0 Å². The Balaban J connectivity index is 2.40. The first-order valence-corrected chi connectivity index (χ1v) is 5.34. The smallest absolute Gasteiger partial charge is 0.0599 e. The maximum Gasteiger partial charge on any atom is 0.0599 e. The van der Waals surface area contributed by atoms with Crippen molar-refractivity contribution in [1.29, 1.82) is 0 Å². The molecule has 0 heterocycles. The predicted octanol–water partition coefficient (Wildman–Crippen LogP) is 1.48. The van der Waals surface area contributed by atoms with Gasteiger partial charge in [-0.3, -0.25) is 0 Å². The van der Waals surface area contributed by atoms with Crippen molar-refractivity contribution in [3.8, 4) is 0 Å². The van der Waals surface area contributed by atoms with Crippen LogP contribution in [0.4, 0.5) is 17.1 Å². The first-order chi connectivity index (χ1) is 8.09. The van der Waals surface area contributed by atoms with Crippen LogP contribution in [0.15, 0.2) is 42.5 Å². The van der Waals surface area contributed by atoms with Gasteiger partial charge in [-0.1, -0.05) is 24.3 Å². The third kappa shape index (κ3) is 2.16. The van der Waals surface area contributed by atoms with Crippen LogP contribution in [-0.4, -0.2) is 0 Å².